The summed E-state index contributed by atoms with van der Waals surface area (Å²) in [5.41, 5.74) is 5.05. The summed E-state index contributed by atoms with van der Waals surface area (Å²) in [7, 11) is 3.03. The number of carboxylic acids is 1. The van der Waals surface area contributed by atoms with E-state index in [0.29, 0.717) is 34.6 Å². The summed E-state index contributed by atoms with van der Waals surface area (Å²) in [6.45, 7) is 16.9. The Morgan fingerprint density at radius 3 is 2.14 bits per heavy atom. The number of nitrogens with zero attached hydrogens (tertiary/aromatic N) is 4. The van der Waals surface area contributed by atoms with Crippen molar-refractivity contribution in [3.63, 3.8) is 0 Å². The summed E-state index contributed by atoms with van der Waals surface area (Å²) in [6.07, 6.45) is 0.589. The Labute approximate surface area is 493 Å². The molecule has 6 rings (SSSR count). The predicted octanol–water partition coefficient (Wildman–Crippen LogP) is 6.03. The van der Waals surface area contributed by atoms with Gasteiger partial charge in [0.1, 0.15) is 31.0 Å². The van der Waals surface area contributed by atoms with Gasteiger partial charge in [-0.2, -0.15) is 0 Å². The number of hydrogen-bond acceptors (Lipinski definition) is 15. The zero-order chi connectivity index (χ0) is 63.0. The highest BCUT2D eigenvalue weighted by molar-refractivity contribution is 6.01. The van der Waals surface area contributed by atoms with Gasteiger partial charge in [0.25, 0.3) is 5.56 Å². The van der Waals surface area contributed by atoms with Gasteiger partial charge in [0.2, 0.25) is 17.7 Å². The van der Waals surface area contributed by atoms with Crippen LogP contribution >= 0.6 is 0 Å². The van der Waals surface area contributed by atoms with Crippen molar-refractivity contribution in [1.82, 2.24) is 35.3 Å². The number of urea groups is 1. The van der Waals surface area contributed by atoms with Gasteiger partial charge in [-0.15, -0.1) is 0 Å². The number of carbonyl (C=O) groups is 9. The van der Waals surface area contributed by atoms with Crippen LogP contribution in [0.15, 0.2) is 65.0 Å². The topological polar surface area (TPSA) is 337 Å². The molecule has 8 N–H and O–H groups in total. The Kier molecular flexibility index (Phi) is 20.7. The predicted molar refractivity (Wildman–Crippen MR) is 314 cm³/mol. The number of primary amides is 1. The molecular formula is C61H79N9O15. The molecule has 2 aromatic carbocycles. The van der Waals surface area contributed by atoms with Gasteiger partial charge in [-0.3, -0.25) is 24.0 Å². The first-order valence-electron chi connectivity index (χ1n) is 28.3. The number of hydrogen-bond donors (Lipinski definition) is 7. The van der Waals surface area contributed by atoms with Gasteiger partial charge < -0.3 is 65.8 Å². The molecule has 24 heteroatoms. The number of nitrogens with one attached hydrogen (secondary N) is 4. The van der Waals surface area contributed by atoms with Gasteiger partial charge in [0.05, 0.1) is 29.0 Å². The minimum atomic E-state index is -1.96. The van der Waals surface area contributed by atoms with Crippen LogP contribution in [0, 0.1) is 22.7 Å². The SMILES string of the molecule is CCc1c2c(nc3ccc(OC(=O)N(C)CCN(C)C(=O)OCc4ccc(NC(=O)[C@H](CCCNC(N)=O)NC(=O)[C@@H](NC(=O)C(C)(C)CC(C)(C)/C(=C/C(=O)C(C)C)C(=O)O)C(C)C)cc4)cc13)-c1cc3c(c(=O)n1C2)COC(=O)[C@]3(O)CC. The number of allylic oxidation sites excluding steroid dienone is 1. The summed E-state index contributed by atoms with van der Waals surface area (Å²) in [4.78, 5) is 138. The second kappa shape index (κ2) is 26.9. The number of aryl methyl sites for hydroxylation is 1. The van der Waals surface area contributed by atoms with E-state index in [4.69, 9.17) is 24.9 Å². The summed E-state index contributed by atoms with van der Waals surface area (Å²) in [5.74, 6) is -4.97. The van der Waals surface area contributed by atoms with E-state index in [2.05, 4.69) is 21.3 Å². The lowest BCUT2D eigenvalue weighted by molar-refractivity contribution is -0.172. The Bertz CT molecular complexity index is 3370. The van der Waals surface area contributed by atoms with Gasteiger partial charge in [0.15, 0.2) is 11.4 Å². The zero-order valence-corrected chi connectivity index (χ0v) is 50.4. The van der Waals surface area contributed by atoms with Gasteiger partial charge in [-0.1, -0.05) is 81.4 Å². The molecule has 2 aliphatic rings. The number of aliphatic carboxylic acids is 1. The molecule has 0 spiro atoms. The molecule has 0 saturated carbocycles. The van der Waals surface area contributed by atoms with E-state index in [-0.39, 0.29) is 98.9 Å². The first-order chi connectivity index (χ1) is 39.8. The Morgan fingerprint density at radius 1 is 0.882 bits per heavy atom. The monoisotopic (exact) mass is 1180 g/mol. The maximum absolute atomic E-state index is 14.0. The molecule has 4 aromatic rings. The van der Waals surface area contributed by atoms with Crippen molar-refractivity contribution in [1.29, 1.82) is 0 Å². The number of amides is 7. The molecule has 0 saturated heterocycles. The molecule has 85 heavy (non-hydrogen) atoms. The van der Waals surface area contributed by atoms with Crippen LogP contribution in [0.5, 0.6) is 5.75 Å². The largest absolute Gasteiger partial charge is 0.478 e. The van der Waals surface area contributed by atoms with Crippen LogP contribution in [-0.2, 0) is 70.0 Å². The molecule has 0 unspecified atom stereocenters. The standard InChI is InChI=1S/C61H79N9O15/c1-13-38-39-26-37(21-22-44(39)65-49-40(38)29-70-46(49)27-42-41(52(70)74)31-83-55(78)61(42,82)14-2)85-58(81)69(12)25-24-68(11)57(80)84-30-35-17-19-36(20-18-35)64-50(72)45(16-15-23-63-56(62)79)66-51(73)48(34(5)6)67-54(77)60(9,10)32-59(7,8)43(53(75)76)28-47(71)33(3)4/h17-22,26-28,33-34,45,48,82H,13-16,23-25,29-32H2,1-12H3,(H,64,72)(H,66,73)(H,67,77)(H,75,76)(H3,62,63,79)/b43-28+/t45-,48-,61-/m0/s1. The maximum atomic E-state index is 14.0. The number of carboxylic acid groups (broad SMARTS) is 1. The van der Waals surface area contributed by atoms with Crippen LogP contribution < -0.4 is 37.3 Å². The molecule has 2 aliphatic heterocycles. The number of aliphatic hydroxyl groups is 1. The fourth-order valence-corrected chi connectivity index (χ4v) is 10.5. The van der Waals surface area contributed by atoms with Crippen molar-refractivity contribution < 1.29 is 67.6 Å². The van der Waals surface area contributed by atoms with E-state index in [9.17, 15) is 58.2 Å². The van der Waals surface area contributed by atoms with Gasteiger partial charge in [-0.05, 0) is 97.0 Å². The lowest BCUT2D eigenvalue weighted by atomic mass is 9.70. The van der Waals surface area contributed by atoms with E-state index in [0.717, 1.165) is 22.6 Å². The summed E-state index contributed by atoms with van der Waals surface area (Å²) in [6, 6.07) is 10.0. The Hall–Kier alpha value is -8.67. The molecular weight excluding hydrogens is 1100 g/mol. The van der Waals surface area contributed by atoms with E-state index < -0.39 is 88.2 Å². The summed E-state index contributed by atoms with van der Waals surface area (Å²) >= 11 is 0. The van der Waals surface area contributed by atoms with Gasteiger partial charge >= 0.3 is 30.2 Å². The number of esters is 1. The highest BCUT2D eigenvalue weighted by Crippen LogP contribution is 2.42. The third kappa shape index (κ3) is 15.2. The van der Waals surface area contributed by atoms with Crippen LogP contribution in [0.2, 0.25) is 0 Å². The number of benzene rings is 2. The number of cyclic esters (lactones) is 1. The molecule has 3 atom stereocenters. The van der Waals surface area contributed by atoms with Crippen molar-refractivity contribution in [2.24, 2.45) is 28.4 Å². The number of ether oxygens (including phenoxy) is 3. The molecule has 24 nitrogen and oxygen atoms in total. The lowest BCUT2D eigenvalue weighted by Crippen LogP contribution is -2.56. The van der Waals surface area contributed by atoms with E-state index in [1.807, 2.05) is 6.92 Å². The Morgan fingerprint density at radius 2 is 1.54 bits per heavy atom. The zero-order valence-electron chi connectivity index (χ0n) is 50.4. The number of ketones is 1. The van der Waals surface area contributed by atoms with E-state index >= 15 is 0 Å². The number of likely N-dealkylation sites (N-methyl/N-ethyl adjacent to an activating group) is 2. The fraction of sp³-hybridized carbons (Fsp3) is 0.492. The van der Waals surface area contributed by atoms with Crippen molar-refractivity contribution >= 4 is 70.3 Å². The maximum Gasteiger partial charge on any atom is 0.415 e. The second-order valence-corrected chi connectivity index (χ2v) is 23.6. The number of pyridine rings is 2. The molecule has 2 aromatic heterocycles. The van der Waals surface area contributed by atoms with Crippen molar-refractivity contribution in [2.45, 2.75) is 139 Å². The van der Waals surface area contributed by atoms with Crippen LogP contribution in [-0.4, -0.2) is 129 Å². The molecule has 0 aliphatic carbocycles. The van der Waals surface area contributed by atoms with E-state index in [1.54, 1.807) is 115 Å². The van der Waals surface area contributed by atoms with Crippen LogP contribution in [0.3, 0.4) is 0 Å². The van der Waals surface area contributed by atoms with Crippen molar-refractivity contribution in [3.8, 4) is 17.1 Å². The number of carbonyl (C=O) groups excluding carboxylic acids is 8. The third-order valence-electron chi connectivity index (χ3n) is 15.5. The van der Waals surface area contributed by atoms with Crippen molar-refractivity contribution in [3.05, 3.63) is 98.4 Å². The number of anilines is 1. The third-order valence-corrected chi connectivity index (χ3v) is 15.5. The molecule has 0 bridgehead atoms. The highest BCUT2D eigenvalue weighted by Gasteiger charge is 2.46. The minimum Gasteiger partial charge on any atom is -0.478 e. The fourth-order valence-electron chi connectivity index (χ4n) is 10.5. The first kappa shape index (κ1) is 65.5. The molecule has 0 radical (unpaired) electrons. The second-order valence-electron chi connectivity index (χ2n) is 23.6. The molecule has 0 fully saturated rings. The van der Waals surface area contributed by atoms with Gasteiger partial charge in [-0.25, -0.2) is 29.0 Å². The quantitative estimate of drug-likeness (QED) is 0.0199. The molecule has 4 heterocycles. The molecule has 458 valence electrons. The number of nitrogens with two attached hydrogens (primary N) is 1. The van der Waals surface area contributed by atoms with Crippen LogP contribution in [0.4, 0.5) is 20.1 Å². The minimum absolute atomic E-state index is 0.000883. The number of fused-ring (bicyclic) bond motifs is 5. The first-order valence-corrected chi connectivity index (χ1v) is 28.3. The normalized spacial score (nSPS) is 15.4. The number of rotatable bonds is 25. The average Bonchev–Trinajstić information content (AvgIpc) is 1.69. The van der Waals surface area contributed by atoms with Gasteiger partial charge in [0, 0.05) is 72.8 Å². The molecule has 7 amide bonds. The lowest BCUT2D eigenvalue weighted by Gasteiger charge is -2.36. The summed E-state index contributed by atoms with van der Waals surface area (Å²) < 4.78 is 18.1. The van der Waals surface area contributed by atoms with Crippen LogP contribution in [0.1, 0.15) is 123 Å². The van der Waals surface area contributed by atoms with Crippen LogP contribution in [0.25, 0.3) is 22.3 Å². The highest BCUT2D eigenvalue weighted by atomic mass is 16.6. The summed E-state index contributed by atoms with van der Waals surface area (Å²) in [5, 5.41) is 32.8. The van der Waals surface area contributed by atoms with Crippen molar-refractivity contribution in [2.75, 3.05) is 39.0 Å². The van der Waals surface area contributed by atoms with E-state index in [1.165, 1.54) is 23.9 Å². The smallest absolute Gasteiger partial charge is 0.415 e. The Balaban J connectivity index is 1.02. The average molecular weight is 1180 g/mol. The number of aromatic nitrogens is 2.